The first-order valence-electron chi connectivity index (χ1n) is 10.2. The van der Waals surface area contributed by atoms with Gasteiger partial charge >= 0.3 is 0 Å². The van der Waals surface area contributed by atoms with Gasteiger partial charge in [0.1, 0.15) is 0 Å². The molecular formula is C23H22ClN5O. The van der Waals surface area contributed by atoms with Crippen molar-refractivity contribution in [3.63, 3.8) is 0 Å². The Labute approximate surface area is 179 Å². The minimum absolute atomic E-state index is 0.0903. The normalized spacial score (nSPS) is 15.0. The van der Waals surface area contributed by atoms with Crippen molar-refractivity contribution in [3.05, 3.63) is 71.8 Å². The Morgan fingerprint density at radius 1 is 1.13 bits per heavy atom. The molecule has 0 radical (unpaired) electrons. The van der Waals surface area contributed by atoms with Crippen molar-refractivity contribution >= 4 is 28.4 Å². The number of nitrogens with zero attached hydrogens (tertiary/aromatic N) is 4. The SMILES string of the molecule is O=C(c1ccc(Cl)cc1)N1CCC(Cn2ccc3cc(-c4cn[nH]c4)ncc32)CC1. The van der Waals surface area contributed by atoms with E-state index in [0.717, 1.165) is 49.2 Å². The number of fused-ring (bicyclic) bond motifs is 1. The number of H-pyrrole nitrogens is 1. The number of rotatable bonds is 4. The van der Waals surface area contributed by atoms with E-state index in [4.69, 9.17) is 11.6 Å². The van der Waals surface area contributed by atoms with Gasteiger partial charge in [-0.1, -0.05) is 11.6 Å². The first kappa shape index (κ1) is 18.9. The number of likely N-dealkylation sites (tertiary alicyclic amines) is 1. The standard InChI is InChI=1S/C23H22ClN5O/c24-20-3-1-17(2-4-20)23(30)28-8-5-16(6-9-28)15-29-10-7-18-11-21(25-14-22(18)29)19-12-26-27-13-19/h1-4,7,10-14,16H,5-6,8-9,15H2,(H,26,27). The number of aromatic amines is 1. The molecule has 0 saturated carbocycles. The Morgan fingerprint density at radius 2 is 1.93 bits per heavy atom. The lowest BCUT2D eigenvalue weighted by Crippen LogP contribution is -2.39. The van der Waals surface area contributed by atoms with E-state index in [1.165, 1.54) is 5.39 Å². The fourth-order valence-electron chi connectivity index (χ4n) is 4.17. The van der Waals surface area contributed by atoms with Crippen LogP contribution in [0.2, 0.25) is 5.02 Å². The number of halogens is 1. The molecule has 1 aromatic carbocycles. The van der Waals surface area contributed by atoms with Gasteiger partial charge < -0.3 is 9.47 Å². The maximum Gasteiger partial charge on any atom is 0.253 e. The summed E-state index contributed by atoms with van der Waals surface area (Å²) in [6.45, 7) is 2.52. The summed E-state index contributed by atoms with van der Waals surface area (Å²) in [5.74, 6) is 0.635. The predicted molar refractivity (Wildman–Crippen MR) is 117 cm³/mol. The molecule has 0 spiro atoms. The number of piperidine rings is 1. The van der Waals surface area contributed by atoms with E-state index in [0.29, 0.717) is 16.5 Å². The summed E-state index contributed by atoms with van der Waals surface area (Å²) in [5.41, 5.74) is 3.75. The molecule has 1 saturated heterocycles. The van der Waals surface area contributed by atoms with Crippen LogP contribution in [0.15, 0.2) is 61.2 Å². The lowest BCUT2D eigenvalue weighted by molar-refractivity contribution is 0.0683. The fraction of sp³-hybridized carbons (Fsp3) is 0.261. The topological polar surface area (TPSA) is 66.8 Å². The molecule has 5 rings (SSSR count). The highest BCUT2D eigenvalue weighted by Crippen LogP contribution is 2.26. The van der Waals surface area contributed by atoms with Crippen LogP contribution in [0.1, 0.15) is 23.2 Å². The molecule has 4 aromatic rings. The van der Waals surface area contributed by atoms with Gasteiger partial charge in [-0.2, -0.15) is 5.10 Å². The van der Waals surface area contributed by atoms with Gasteiger partial charge in [-0.3, -0.25) is 14.9 Å². The number of benzene rings is 1. The number of aromatic nitrogens is 4. The van der Waals surface area contributed by atoms with Crippen molar-refractivity contribution in [2.75, 3.05) is 13.1 Å². The van der Waals surface area contributed by atoms with E-state index >= 15 is 0 Å². The average molecular weight is 420 g/mol. The summed E-state index contributed by atoms with van der Waals surface area (Å²) in [7, 11) is 0. The highest BCUT2D eigenvalue weighted by atomic mass is 35.5. The third kappa shape index (κ3) is 3.71. The highest BCUT2D eigenvalue weighted by molar-refractivity contribution is 6.30. The largest absolute Gasteiger partial charge is 0.346 e. The average Bonchev–Trinajstić information content (AvgIpc) is 3.45. The number of carbonyl (C=O) groups excluding carboxylic acids is 1. The number of carbonyl (C=O) groups is 1. The molecular weight excluding hydrogens is 398 g/mol. The first-order chi connectivity index (χ1) is 14.7. The van der Waals surface area contributed by atoms with Crippen LogP contribution in [0.25, 0.3) is 22.2 Å². The highest BCUT2D eigenvalue weighted by Gasteiger charge is 2.24. The number of hydrogen-bond donors (Lipinski definition) is 1. The zero-order chi connectivity index (χ0) is 20.5. The smallest absolute Gasteiger partial charge is 0.253 e. The van der Waals surface area contributed by atoms with Crippen LogP contribution in [-0.4, -0.2) is 43.6 Å². The van der Waals surface area contributed by atoms with Crippen LogP contribution >= 0.6 is 11.6 Å². The lowest BCUT2D eigenvalue weighted by Gasteiger charge is -2.32. The van der Waals surface area contributed by atoms with Crippen molar-refractivity contribution < 1.29 is 4.79 Å². The molecule has 1 aliphatic rings. The Kier molecular flexibility index (Phi) is 5.01. The van der Waals surface area contributed by atoms with Crippen LogP contribution in [0.4, 0.5) is 0 Å². The van der Waals surface area contributed by atoms with Gasteiger partial charge in [0.25, 0.3) is 5.91 Å². The van der Waals surface area contributed by atoms with E-state index in [9.17, 15) is 4.79 Å². The molecule has 152 valence electrons. The number of pyridine rings is 1. The Bertz CT molecular complexity index is 1160. The summed E-state index contributed by atoms with van der Waals surface area (Å²) in [6.07, 6.45) is 9.71. The minimum atomic E-state index is 0.0903. The monoisotopic (exact) mass is 419 g/mol. The maximum absolute atomic E-state index is 12.7. The molecule has 30 heavy (non-hydrogen) atoms. The van der Waals surface area contributed by atoms with Crippen LogP contribution in [0.3, 0.4) is 0 Å². The van der Waals surface area contributed by atoms with Crippen molar-refractivity contribution in [1.29, 1.82) is 0 Å². The van der Waals surface area contributed by atoms with E-state index in [1.54, 1.807) is 30.5 Å². The Balaban J connectivity index is 1.24. The molecule has 6 nitrogen and oxygen atoms in total. The molecule has 0 aliphatic carbocycles. The van der Waals surface area contributed by atoms with E-state index in [-0.39, 0.29) is 5.91 Å². The van der Waals surface area contributed by atoms with Gasteiger partial charge in [-0.25, -0.2) is 0 Å². The van der Waals surface area contributed by atoms with Crippen LogP contribution in [0, 0.1) is 5.92 Å². The van der Waals surface area contributed by atoms with E-state index < -0.39 is 0 Å². The predicted octanol–water partition coefficient (Wildman–Crippen LogP) is 4.63. The summed E-state index contributed by atoms with van der Waals surface area (Å²) in [5, 5.41) is 8.66. The van der Waals surface area contributed by atoms with Crippen molar-refractivity contribution in [1.82, 2.24) is 24.6 Å². The molecule has 4 heterocycles. The van der Waals surface area contributed by atoms with Crippen LogP contribution < -0.4 is 0 Å². The van der Waals surface area contributed by atoms with Gasteiger partial charge in [-0.15, -0.1) is 0 Å². The molecule has 7 heteroatoms. The molecule has 0 unspecified atom stereocenters. The second kappa shape index (κ2) is 7.95. The van der Waals surface area contributed by atoms with Gasteiger partial charge in [-0.05, 0) is 55.2 Å². The van der Waals surface area contributed by atoms with E-state index in [2.05, 4.69) is 38.1 Å². The molecule has 0 atom stereocenters. The minimum Gasteiger partial charge on any atom is -0.346 e. The molecule has 1 N–H and O–H groups in total. The fourth-order valence-corrected chi connectivity index (χ4v) is 4.29. The number of nitrogens with one attached hydrogen (secondary N) is 1. The lowest BCUT2D eigenvalue weighted by atomic mass is 9.96. The zero-order valence-electron chi connectivity index (χ0n) is 16.5. The van der Waals surface area contributed by atoms with Crippen molar-refractivity contribution in [2.24, 2.45) is 5.92 Å². The van der Waals surface area contributed by atoms with Gasteiger partial charge in [0.2, 0.25) is 0 Å². The van der Waals surface area contributed by atoms with E-state index in [1.807, 2.05) is 17.3 Å². The maximum atomic E-state index is 12.7. The molecule has 1 amide bonds. The van der Waals surface area contributed by atoms with Gasteiger partial charge in [0.15, 0.2) is 0 Å². The first-order valence-corrected chi connectivity index (χ1v) is 10.5. The van der Waals surface area contributed by atoms with Crippen molar-refractivity contribution in [3.8, 4) is 11.3 Å². The second-order valence-electron chi connectivity index (χ2n) is 7.83. The summed E-state index contributed by atoms with van der Waals surface area (Å²) >= 11 is 5.93. The van der Waals surface area contributed by atoms with Gasteiger partial charge in [0, 0.05) is 53.6 Å². The quantitative estimate of drug-likeness (QED) is 0.524. The van der Waals surface area contributed by atoms with Crippen LogP contribution in [-0.2, 0) is 6.54 Å². The molecule has 1 aliphatic heterocycles. The Morgan fingerprint density at radius 3 is 2.67 bits per heavy atom. The third-order valence-electron chi connectivity index (χ3n) is 5.90. The molecule has 0 bridgehead atoms. The molecule has 3 aromatic heterocycles. The number of hydrogen-bond acceptors (Lipinski definition) is 3. The van der Waals surface area contributed by atoms with Crippen LogP contribution in [0.5, 0.6) is 0 Å². The van der Waals surface area contributed by atoms with Crippen molar-refractivity contribution in [2.45, 2.75) is 19.4 Å². The summed E-state index contributed by atoms with van der Waals surface area (Å²) in [6, 6.07) is 11.4. The zero-order valence-corrected chi connectivity index (χ0v) is 17.2. The summed E-state index contributed by atoms with van der Waals surface area (Å²) in [4.78, 5) is 19.3. The Hall–Kier alpha value is -3.12. The summed E-state index contributed by atoms with van der Waals surface area (Å²) < 4.78 is 2.28. The molecule has 1 fully saturated rings. The third-order valence-corrected chi connectivity index (χ3v) is 6.15. The van der Waals surface area contributed by atoms with Gasteiger partial charge in [0.05, 0.1) is 23.6 Å². The second-order valence-corrected chi connectivity index (χ2v) is 8.26. The number of amides is 1.